The average Bonchev–Trinajstić information content (AvgIpc) is 3.16. The number of nitro benzene ring substituents is 1. The first kappa shape index (κ1) is 19.1. The number of hydrogen-bond acceptors (Lipinski definition) is 6. The smallest absolute Gasteiger partial charge is 0.275 e. The predicted molar refractivity (Wildman–Crippen MR) is 104 cm³/mol. The molecule has 8 nitrogen and oxygen atoms in total. The van der Waals surface area contributed by atoms with Gasteiger partial charge in [-0.25, -0.2) is 5.43 Å². The van der Waals surface area contributed by atoms with E-state index in [0.717, 1.165) is 0 Å². The predicted octanol–water partition coefficient (Wildman–Crippen LogP) is 4.28. The van der Waals surface area contributed by atoms with Crippen LogP contribution in [-0.2, 0) is 0 Å². The minimum absolute atomic E-state index is 0.102. The first-order valence-corrected chi connectivity index (χ1v) is 8.38. The Morgan fingerprint density at radius 2 is 2.04 bits per heavy atom. The molecule has 0 aliphatic carbocycles. The number of furan rings is 1. The molecule has 0 saturated heterocycles. The van der Waals surface area contributed by atoms with E-state index in [4.69, 9.17) is 20.8 Å². The summed E-state index contributed by atoms with van der Waals surface area (Å²) in [5, 5.41) is 15.1. The Morgan fingerprint density at radius 1 is 1.25 bits per heavy atom. The molecular weight excluding hydrogens is 386 g/mol. The second-order valence-corrected chi connectivity index (χ2v) is 5.93. The third-order valence-corrected chi connectivity index (χ3v) is 4.09. The summed E-state index contributed by atoms with van der Waals surface area (Å²) < 4.78 is 10.7. The Labute approximate surface area is 164 Å². The first-order valence-electron chi connectivity index (χ1n) is 8.00. The molecule has 0 aliphatic rings. The van der Waals surface area contributed by atoms with E-state index in [-0.39, 0.29) is 5.69 Å². The molecule has 0 bridgehead atoms. The Hall–Kier alpha value is -3.65. The van der Waals surface area contributed by atoms with Gasteiger partial charge in [-0.1, -0.05) is 23.7 Å². The van der Waals surface area contributed by atoms with E-state index >= 15 is 0 Å². The van der Waals surface area contributed by atoms with Crippen molar-refractivity contribution in [3.05, 3.63) is 81.1 Å². The summed E-state index contributed by atoms with van der Waals surface area (Å²) in [6.45, 7) is 0. The second kappa shape index (κ2) is 8.36. The van der Waals surface area contributed by atoms with Gasteiger partial charge in [-0.2, -0.15) is 5.10 Å². The Morgan fingerprint density at radius 3 is 2.79 bits per heavy atom. The van der Waals surface area contributed by atoms with E-state index in [2.05, 4.69) is 10.5 Å². The monoisotopic (exact) mass is 399 g/mol. The number of nitro groups is 1. The highest BCUT2D eigenvalue weighted by Gasteiger charge is 2.14. The summed E-state index contributed by atoms with van der Waals surface area (Å²) in [6.07, 6.45) is 1.31. The van der Waals surface area contributed by atoms with Crippen LogP contribution in [0.2, 0.25) is 5.02 Å². The first-order chi connectivity index (χ1) is 13.5. The fraction of sp³-hybridized carbons (Fsp3) is 0.0526. The van der Waals surface area contributed by atoms with Crippen LogP contribution in [0.15, 0.2) is 64.1 Å². The number of non-ortho nitro benzene ring substituents is 1. The van der Waals surface area contributed by atoms with Crippen LogP contribution in [0.4, 0.5) is 5.69 Å². The van der Waals surface area contributed by atoms with Gasteiger partial charge in [0.05, 0.1) is 28.8 Å². The van der Waals surface area contributed by atoms with Crippen LogP contribution in [0, 0.1) is 10.1 Å². The number of nitrogens with one attached hydrogen (secondary N) is 1. The number of hydrogen-bond donors (Lipinski definition) is 1. The van der Waals surface area contributed by atoms with Crippen molar-refractivity contribution < 1.29 is 18.9 Å². The largest absolute Gasteiger partial charge is 0.496 e. The van der Waals surface area contributed by atoms with Gasteiger partial charge < -0.3 is 9.15 Å². The highest BCUT2D eigenvalue weighted by Crippen LogP contribution is 2.32. The van der Waals surface area contributed by atoms with Crippen molar-refractivity contribution in [2.45, 2.75) is 0 Å². The van der Waals surface area contributed by atoms with Gasteiger partial charge >= 0.3 is 0 Å². The zero-order valence-electron chi connectivity index (χ0n) is 14.6. The average molecular weight is 400 g/mol. The molecule has 3 aromatic rings. The standard InChI is InChI=1S/C19H14ClN3O5/c1-27-17-5-3-2-4-14(17)19(24)22-21-11-13-7-9-18(28-13)15-10-12(23(25)26)6-8-16(15)20/h2-11H,1H3,(H,22,24)/b21-11-. The maximum atomic E-state index is 12.2. The van der Waals surface area contributed by atoms with Gasteiger partial charge in [0.15, 0.2) is 0 Å². The summed E-state index contributed by atoms with van der Waals surface area (Å²) in [7, 11) is 1.47. The molecule has 0 spiro atoms. The Bertz CT molecular complexity index is 1060. The van der Waals surface area contributed by atoms with Crippen LogP contribution in [0.5, 0.6) is 5.75 Å². The van der Waals surface area contributed by atoms with Crippen molar-refractivity contribution in [3.63, 3.8) is 0 Å². The molecule has 142 valence electrons. The van der Waals surface area contributed by atoms with Crippen LogP contribution in [-0.4, -0.2) is 24.2 Å². The van der Waals surface area contributed by atoms with Gasteiger partial charge in [0.2, 0.25) is 0 Å². The lowest BCUT2D eigenvalue weighted by molar-refractivity contribution is -0.384. The number of amides is 1. The van der Waals surface area contributed by atoms with Crippen LogP contribution in [0.3, 0.4) is 0 Å². The van der Waals surface area contributed by atoms with Gasteiger partial charge in [0.25, 0.3) is 11.6 Å². The van der Waals surface area contributed by atoms with Crippen molar-refractivity contribution >= 4 is 29.4 Å². The van der Waals surface area contributed by atoms with Gasteiger partial charge in [-0.3, -0.25) is 14.9 Å². The lowest BCUT2D eigenvalue weighted by Crippen LogP contribution is -2.18. The molecule has 3 rings (SSSR count). The normalized spacial score (nSPS) is 10.8. The maximum Gasteiger partial charge on any atom is 0.275 e. The highest BCUT2D eigenvalue weighted by atomic mass is 35.5. The van der Waals surface area contributed by atoms with Gasteiger partial charge in [0, 0.05) is 17.7 Å². The van der Waals surface area contributed by atoms with Crippen molar-refractivity contribution in [3.8, 4) is 17.1 Å². The van der Waals surface area contributed by atoms with E-state index < -0.39 is 10.8 Å². The number of nitrogens with zero attached hydrogens (tertiary/aromatic N) is 2. The molecule has 9 heteroatoms. The highest BCUT2D eigenvalue weighted by molar-refractivity contribution is 6.33. The van der Waals surface area contributed by atoms with Crippen molar-refractivity contribution in [1.29, 1.82) is 0 Å². The quantitative estimate of drug-likeness (QED) is 0.378. The topological polar surface area (TPSA) is 107 Å². The Kier molecular flexibility index (Phi) is 5.71. The fourth-order valence-electron chi connectivity index (χ4n) is 2.43. The summed E-state index contributed by atoms with van der Waals surface area (Å²) in [6, 6.07) is 14.0. The molecule has 2 aromatic carbocycles. The van der Waals surface area contributed by atoms with E-state index in [9.17, 15) is 14.9 Å². The summed E-state index contributed by atoms with van der Waals surface area (Å²) >= 11 is 6.10. The molecule has 1 N–H and O–H groups in total. The number of benzene rings is 2. The maximum absolute atomic E-state index is 12.2. The number of methoxy groups -OCH3 is 1. The number of halogens is 1. The second-order valence-electron chi connectivity index (χ2n) is 5.52. The molecule has 1 amide bonds. The molecule has 0 saturated carbocycles. The molecular formula is C19H14ClN3O5. The van der Waals surface area contributed by atoms with Gasteiger partial charge in [-0.05, 0) is 30.3 Å². The summed E-state index contributed by atoms with van der Waals surface area (Å²) in [4.78, 5) is 22.6. The lowest BCUT2D eigenvalue weighted by Gasteiger charge is -2.05. The number of carbonyl (C=O) groups excluding carboxylic acids is 1. The third kappa shape index (κ3) is 4.18. The van der Waals surface area contributed by atoms with Crippen LogP contribution < -0.4 is 10.2 Å². The van der Waals surface area contributed by atoms with Crippen molar-refractivity contribution in [1.82, 2.24) is 5.43 Å². The SMILES string of the molecule is COc1ccccc1C(=O)N/N=C\c1ccc(-c2cc([N+](=O)[O-])ccc2Cl)o1. The summed E-state index contributed by atoms with van der Waals surface area (Å²) in [5.41, 5.74) is 3.00. The van der Waals surface area contributed by atoms with Gasteiger partial charge in [-0.15, -0.1) is 0 Å². The van der Waals surface area contributed by atoms with Crippen molar-refractivity contribution in [2.24, 2.45) is 5.10 Å². The van der Waals surface area contributed by atoms with E-state index in [1.807, 2.05) is 0 Å². The number of ether oxygens (including phenoxy) is 1. The Balaban J connectivity index is 1.74. The molecule has 1 heterocycles. The van der Waals surface area contributed by atoms with Crippen molar-refractivity contribution in [2.75, 3.05) is 7.11 Å². The summed E-state index contributed by atoms with van der Waals surface area (Å²) in [5.74, 6) is 0.655. The molecule has 0 unspecified atom stereocenters. The zero-order chi connectivity index (χ0) is 20.1. The van der Waals surface area contributed by atoms with Crippen LogP contribution in [0.25, 0.3) is 11.3 Å². The number of carbonyl (C=O) groups is 1. The van der Waals surface area contributed by atoms with E-state index in [0.29, 0.717) is 33.4 Å². The molecule has 28 heavy (non-hydrogen) atoms. The van der Waals surface area contributed by atoms with E-state index in [1.165, 1.54) is 31.5 Å². The van der Waals surface area contributed by atoms with Crippen LogP contribution in [0.1, 0.15) is 16.1 Å². The lowest BCUT2D eigenvalue weighted by atomic mass is 10.1. The van der Waals surface area contributed by atoms with E-state index in [1.54, 1.807) is 36.4 Å². The molecule has 0 fully saturated rings. The minimum Gasteiger partial charge on any atom is -0.496 e. The van der Waals surface area contributed by atoms with Crippen LogP contribution >= 0.6 is 11.6 Å². The molecule has 0 aliphatic heterocycles. The number of hydrazone groups is 1. The van der Waals surface area contributed by atoms with Gasteiger partial charge in [0.1, 0.15) is 17.3 Å². The molecule has 0 radical (unpaired) electrons. The molecule has 1 aromatic heterocycles. The number of para-hydroxylation sites is 1. The molecule has 0 atom stereocenters. The fourth-order valence-corrected chi connectivity index (χ4v) is 2.64. The number of rotatable bonds is 6. The third-order valence-electron chi connectivity index (χ3n) is 3.76. The minimum atomic E-state index is -0.515. The zero-order valence-corrected chi connectivity index (χ0v) is 15.3.